The average molecular weight is 315 g/mol. The molecular formula is C17H21N3O3. The number of carbonyl (C=O) groups excluding carboxylic acids is 1. The minimum atomic E-state index is -0.186. The van der Waals surface area contributed by atoms with Gasteiger partial charge in [-0.05, 0) is 30.3 Å². The molecule has 2 aromatic rings. The summed E-state index contributed by atoms with van der Waals surface area (Å²) in [6.07, 6.45) is 1.73. The Hall–Kier alpha value is -2.76. The van der Waals surface area contributed by atoms with Crippen LogP contribution >= 0.6 is 0 Å². The van der Waals surface area contributed by atoms with Crippen LogP contribution in [0.3, 0.4) is 0 Å². The van der Waals surface area contributed by atoms with E-state index in [2.05, 4.69) is 10.3 Å². The number of pyridine rings is 1. The van der Waals surface area contributed by atoms with Crippen LogP contribution in [0.5, 0.6) is 11.5 Å². The van der Waals surface area contributed by atoms with Crippen molar-refractivity contribution >= 4 is 11.7 Å². The predicted octanol–water partition coefficient (Wildman–Crippen LogP) is 1.85. The lowest BCUT2D eigenvalue weighted by Gasteiger charge is -2.16. The third-order valence-electron chi connectivity index (χ3n) is 3.20. The van der Waals surface area contributed by atoms with Crippen molar-refractivity contribution in [2.45, 2.75) is 6.54 Å². The lowest BCUT2D eigenvalue weighted by atomic mass is 10.2. The molecular weight excluding hydrogens is 294 g/mol. The zero-order chi connectivity index (χ0) is 16.7. The fourth-order valence-electron chi connectivity index (χ4n) is 2.04. The number of carbonyl (C=O) groups is 1. The number of rotatable bonds is 7. The molecule has 2 rings (SSSR count). The van der Waals surface area contributed by atoms with Crippen LogP contribution in [0.4, 0.5) is 5.82 Å². The van der Waals surface area contributed by atoms with Gasteiger partial charge in [-0.15, -0.1) is 0 Å². The van der Waals surface area contributed by atoms with E-state index in [9.17, 15) is 4.79 Å². The maximum atomic E-state index is 11.9. The van der Waals surface area contributed by atoms with Gasteiger partial charge in [0.25, 0.3) is 5.91 Å². The molecule has 1 heterocycles. The average Bonchev–Trinajstić information content (AvgIpc) is 2.58. The summed E-state index contributed by atoms with van der Waals surface area (Å²) in [6.45, 7) is 0.371. The molecule has 1 aromatic carbocycles. The number of hydrogen-bond donors (Lipinski definition) is 1. The Kier molecular flexibility index (Phi) is 5.80. The fourth-order valence-corrected chi connectivity index (χ4v) is 2.04. The Morgan fingerprint density at radius 2 is 1.87 bits per heavy atom. The van der Waals surface area contributed by atoms with E-state index in [1.165, 1.54) is 0 Å². The Morgan fingerprint density at radius 3 is 2.52 bits per heavy atom. The van der Waals surface area contributed by atoms with Crippen molar-refractivity contribution in [2.24, 2.45) is 0 Å². The minimum Gasteiger partial charge on any atom is -0.497 e. The summed E-state index contributed by atoms with van der Waals surface area (Å²) in [4.78, 5) is 18.1. The summed E-state index contributed by atoms with van der Waals surface area (Å²) in [5.41, 5.74) is 0.954. The normalized spacial score (nSPS) is 10.0. The molecule has 1 N–H and O–H groups in total. The van der Waals surface area contributed by atoms with E-state index in [4.69, 9.17) is 9.47 Å². The first-order chi connectivity index (χ1) is 11.1. The fraction of sp³-hybridized carbons (Fsp3) is 0.294. The maximum absolute atomic E-state index is 11.9. The van der Waals surface area contributed by atoms with Gasteiger partial charge in [0.2, 0.25) is 0 Å². The van der Waals surface area contributed by atoms with Crippen LogP contribution < -0.4 is 19.7 Å². The highest BCUT2D eigenvalue weighted by Crippen LogP contribution is 2.17. The molecule has 0 unspecified atom stereocenters. The van der Waals surface area contributed by atoms with E-state index in [1.54, 1.807) is 37.6 Å². The molecule has 0 saturated carbocycles. The van der Waals surface area contributed by atoms with Gasteiger partial charge in [0.05, 0.1) is 7.11 Å². The number of ether oxygens (including phenoxy) is 2. The second-order valence-corrected chi connectivity index (χ2v) is 5.12. The van der Waals surface area contributed by atoms with Crippen LogP contribution in [-0.4, -0.2) is 38.7 Å². The maximum Gasteiger partial charge on any atom is 0.258 e. The Balaban J connectivity index is 1.83. The number of benzene rings is 1. The number of aromatic nitrogens is 1. The monoisotopic (exact) mass is 315 g/mol. The molecule has 0 fully saturated rings. The lowest BCUT2D eigenvalue weighted by Crippen LogP contribution is -2.29. The largest absolute Gasteiger partial charge is 0.497 e. The third kappa shape index (κ3) is 4.88. The highest BCUT2D eigenvalue weighted by atomic mass is 16.5. The van der Waals surface area contributed by atoms with Crippen LogP contribution in [0.15, 0.2) is 42.6 Å². The predicted molar refractivity (Wildman–Crippen MR) is 88.9 cm³/mol. The number of anilines is 1. The zero-order valence-corrected chi connectivity index (χ0v) is 13.6. The quantitative estimate of drug-likeness (QED) is 0.845. The summed E-state index contributed by atoms with van der Waals surface area (Å²) in [6, 6.07) is 10.9. The molecule has 23 heavy (non-hydrogen) atoms. The van der Waals surface area contributed by atoms with E-state index in [0.29, 0.717) is 12.3 Å². The molecule has 0 saturated heterocycles. The molecule has 0 aliphatic carbocycles. The lowest BCUT2D eigenvalue weighted by molar-refractivity contribution is -0.123. The van der Waals surface area contributed by atoms with Gasteiger partial charge in [-0.1, -0.05) is 6.07 Å². The smallest absolute Gasteiger partial charge is 0.258 e. The number of hydrogen-bond acceptors (Lipinski definition) is 5. The molecule has 0 aliphatic heterocycles. The van der Waals surface area contributed by atoms with Gasteiger partial charge in [0, 0.05) is 32.4 Å². The van der Waals surface area contributed by atoms with Crippen LogP contribution in [-0.2, 0) is 11.3 Å². The van der Waals surface area contributed by atoms with E-state index in [0.717, 1.165) is 17.1 Å². The first-order valence-corrected chi connectivity index (χ1v) is 7.25. The number of methoxy groups -OCH3 is 1. The van der Waals surface area contributed by atoms with Crippen LogP contribution in [0.1, 0.15) is 5.56 Å². The molecule has 0 aliphatic rings. The second kappa shape index (κ2) is 8.03. The van der Waals surface area contributed by atoms with Gasteiger partial charge < -0.3 is 19.7 Å². The molecule has 0 radical (unpaired) electrons. The highest BCUT2D eigenvalue weighted by molar-refractivity contribution is 5.77. The number of nitrogens with one attached hydrogen (secondary N) is 1. The van der Waals surface area contributed by atoms with Gasteiger partial charge in [0.1, 0.15) is 17.3 Å². The van der Waals surface area contributed by atoms with Gasteiger partial charge in [-0.25, -0.2) is 4.98 Å². The van der Waals surface area contributed by atoms with Gasteiger partial charge >= 0.3 is 0 Å². The van der Waals surface area contributed by atoms with Crippen molar-refractivity contribution in [3.05, 3.63) is 48.2 Å². The van der Waals surface area contributed by atoms with E-state index in [1.807, 2.05) is 31.1 Å². The third-order valence-corrected chi connectivity index (χ3v) is 3.20. The van der Waals surface area contributed by atoms with E-state index >= 15 is 0 Å². The van der Waals surface area contributed by atoms with Gasteiger partial charge in [-0.3, -0.25) is 4.79 Å². The molecule has 0 bridgehead atoms. The summed E-state index contributed by atoms with van der Waals surface area (Å²) in [5, 5.41) is 2.83. The molecule has 122 valence electrons. The molecule has 6 heteroatoms. The summed E-state index contributed by atoms with van der Waals surface area (Å²) in [5.74, 6) is 2.02. The molecule has 0 spiro atoms. The van der Waals surface area contributed by atoms with Gasteiger partial charge in [-0.2, -0.15) is 0 Å². The van der Waals surface area contributed by atoms with Crippen molar-refractivity contribution in [3.8, 4) is 11.5 Å². The Labute approximate surface area is 136 Å². The first kappa shape index (κ1) is 16.6. The summed E-state index contributed by atoms with van der Waals surface area (Å²) >= 11 is 0. The topological polar surface area (TPSA) is 63.7 Å². The van der Waals surface area contributed by atoms with E-state index < -0.39 is 0 Å². The summed E-state index contributed by atoms with van der Waals surface area (Å²) < 4.78 is 10.5. The van der Waals surface area contributed by atoms with Crippen molar-refractivity contribution in [1.82, 2.24) is 10.3 Å². The van der Waals surface area contributed by atoms with E-state index in [-0.39, 0.29) is 12.5 Å². The zero-order valence-electron chi connectivity index (χ0n) is 13.6. The van der Waals surface area contributed by atoms with Crippen LogP contribution in [0.25, 0.3) is 0 Å². The molecule has 6 nitrogen and oxygen atoms in total. The number of nitrogens with zero attached hydrogens (tertiary/aromatic N) is 2. The first-order valence-electron chi connectivity index (χ1n) is 7.25. The van der Waals surface area contributed by atoms with Crippen molar-refractivity contribution in [1.29, 1.82) is 0 Å². The van der Waals surface area contributed by atoms with Crippen molar-refractivity contribution < 1.29 is 14.3 Å². The SMILES string of the molecule is COc1ccc(OCC(=O)NCc2cccnc2N(C)C)cc1. The molecule has 0 atom stereocenters. The Bertz CT molecular complexity index is 642. The second-order valence-electron chi connectivity index (χ2n) is 5.12. The van der Waals surface area contributed by atoms with Crippen molar-refractivity contribution in [3.63, 3.8) is 0 Å². The highest BCUT2D eigenvalue weighted by Gasteiger charge is 2.08. The molecule has 1 amide bonds. The standard InChI is InChI=1S/C17H21N3O3/c1-20(2)17-13(5-4-10-18-17)11-19-16(21)12-23-15-8-6-14(22-3)7-9-15/h4-10H,11-12H2,1-3H3,(H,19,21). The number of amides is 1. The van der Waals surface area contributed by atoms with Crippen LogP contribution in [0, 0.1) is 0 Å². The van der Waals surface area contributed by atoms with Gasteiger partial charge in [0.15, 0.2) is 6.61 Å². The molecule has 1 aromatic heterocycles. The Morgan fingerprint density at radius 1 is 1.17 bits per heavy atom. The van der Waals surface area contributed by atoms with Crippen LogP contribution in [0.2, 0.25) is 0 Å². The van der Waals surface area contributed by atoms with Crippen molar-refractivity contribution in [2.75, 3.05) is 32.7 Å². The summed E-state index contributed by atoms with van der Waals surface area (Å²) in [7, 11) is 5.44. The minimum absolute atomic E-state index is 0.0378.